The van der Waals surface area contributed by atoms with Crippen LogP contribution in [0.1, 0.15) is 56.4 Å². The topological polar surface area (TPSA) is 68.4 Å². The summed E-state index contributed by atoms with van der Waals surface area (Å²) in [6, 6.07) is 16.0. The first-order chi connectivity index (χ1) is 16.1. The van der Waals surface area contributed by atoms with Crippen LogP contribution in [-0.2, 0) is 16.8 Å². The van der Waals surface area contributed by atoms with Gasteiger partial charge in [0.25, 0.3) is 5.91 Å². The molecule has 172 valence electrons. The molecule has 2 aliphatic heterocycles. The number of hydrogen-bond donors (Lipinski definition) is 2. The zero-order chi connectivity index (χ0) is 23.0. The van der Waals surface area contributed by atoms with E-state index in [9.17, 15) is 9.59 Å². The Bertz CT molecular complexity index is 1200. The molecule has 1 aromatic heterocycles. The minimum Gasteiger partial charge on any atom is -0.355 e. The molecule has 1 unspecified atom stereocenters. The molecule has 2 aromatic carbocycles. The van der Waals surface area contributed by atoms with Crippen molar-refractivity contribution >= 4 is 28.5 Å². The van der Waals surface area contributed by atoms with E-state index in [2.05, 4.69) is 23.3 Å². The number of urea groups is 1. The van der Waals surface area contributed by atoms with Crippen LogP contribution < -0.4 is 10.2 Å². The van der Waals surface area contributed by atoms with Crippen LogP contribution in [0.2, 0.25) is 0 Å². The summed E-state index contributed by atoms with van der Waals surface area (Å²) in [5.41, 5.74) is 3.63. The fraction of sp³-hybridized carbons (Fsp3) is 0.407. The number of anilines is 1. The summed E-state index contributed by atoms with van der Waals surface area (Å²) < 4.78 is 0. The van der Waals surface area contributed by atoms with Gasteiger partial charge in [-0.1, -0.05) is 63.1 Å². The molecule has 2 aliphatic rings. The van der Waals surface area contributed by atoms with Crippen molar-refractivity contribution in [3.63, 3.8) is 0 Å². The van der Waals surface area contributed by atoms with E-state index in [0.717, 1.165) is 59.1 Å². The standard InChI is InChI=1S/C27H32N4O2/c1-3-5-10-17-30-23-14-9-7-12-21(23)27(25(30)32)24-20(19-11-6-8-13-22(19)29-24)15-18-31(27)26(33)28-16-4-2/h6-9,11-14,29H,3-5,10,15-18H2,1-2H3,(H,28,33). The van der Waals surface area contributed by atoms with E-state index in [1.807, 2.05) is 54.3 Å². The number of aromatic nitrogens is 1. The summed E-state index contributed by atoms with van der Waals surface area (Å²) >= 11 is 0. The second kappa shape index (κ2) is 8.58. The Hall–Kier alpha value is -3.28. The molecule has 0 aliphatic carbocycles. The van der Waals surface area contributed by atoms with E-state index in [1.165, 1.54) is 0 Å². The Morgan fingerprint density at radius 2 is 1.85 bits per heavy atom. The Labute approximate surface area is 195 Å². The molecule has 1 atom stereocenters. The van der Waals surface area contributed by atoms with Gasteiger partial charge in [-0.15, -0.1) is 0 Å². The quantitative estimate of drug-likeness (QED) is 0.530. The highest BCUT2D eigenvalue weighted by atomic mass is 16.2. The lowest BCUT2D eigenvalue weighted by molar-refractivity contribution is -0.126. The van der Waals surface area contributed by atoms with Crippen molar-refractivity contribution in [2.45, 2.75) is 51.5 Å². The lowest BCUT2D eigenvalue weighted by atomic mass is 9.80. The monoisotopic (exact) mass is 444 g/mol. The molecular weight excluding hydrogens is 412 g/mol. The molecule has 3 aromatic rings. The van der Waals surface area contributed by atoms with Gasteiger partial charge in [-0.25, -0.2) is 4.79 Å². The molecular formula is C27H32N4O2. The van der Waals surface area contributed by atoms with Crippen LogP contribution in [0.3, 0.4) is 0 Å². The maximum atomic E-state index is 14.4. The normalized spacial score (nSPS) is 19.3. The molecule has 6 heteroatoms. The number of benzene rings is 2. The van der Waals surface area contributed by atoms with E-state index in [1.54, 1.807) is 4.90 Å². The first-order valence-corrected chi connectivity index (χ1v) is 12.2. The van der Waals surface area contributed by atoms with E-state index in [4.69, 9.17) is 0 Å². The van der Waals surface area contributed by atoms with Crippen molar-refractivity contribution in [2.24, 2.45) is 0 Å². The summed E-state index contributed by atoms with van der Waals surface area (Å²) in [5.74, 6) is -0.0287. The number of carbonyl (C=O) groups excluding carboxylic acids is 2. The lowest BCUT2D eigenvalue weighted by Crippen LogP contribution is -2.61. The van der Waals surface area contributed by atoms with Gasteiger partial charge >= 0.3 is 6.03 Å². The highest BCUT2D eigenvalue weighted by molar-refractivity contribution is 6.12. The molecule has 33 heavy (non-hydrogen) atoms. The molecule has 0 bridgehead atoms. The molecule has 3 heterocycles. The van der Waals surface area contributed by atoms with E-state index >= 15 is 0 Å². The average Bonchev–Trinajstić information content (AvgIpc) is 3.33. The number of H-pyrrole nitrogens is 1. The van der Waals surface area contributed by atoms with Gasteiger partial charge in [0.15, 0.2) is 5.54 Å². The van der Waals surface area contributed by atoms with Crippen molar-refractivity contribution in [3.05, 3.63) is 65.4 Å². The lowest BCUT2D eigenvalue weighted by Gasteiger charge is -2.43. The van der Waals surface area contributed by atoms with Crippen molar-refractivity contribution in [1.82, 2.24) is 15.2 Å². The fourth-order valence-electron chi connectivity index (χ4n) is 5.56. The molecule has 0 saturated heterocycles. The number of para-hydroxylation sites is 2. The molecule has 0 saturated carbocycles. The molecule has 6 nitrogen and oxygen atoms in total. The Kier molecular flexibility index (Phi) is 5.60. The number of carbonyl (C=O) groups is 2. The number of rotatable bonds is 6. The molecule has 1 spiro atoms. The second-order valence-electron chi connectivity index (χ2n) is 9.05. The maximum absolute atomic E-state index is 14.4. The molecule has 5 rings (SSSR count). The van der Waals surface area contributed by atoms with Crippen LogP contribution in [0, 0.1) is 0 Å². The fourth-order valence-corrected chi connectivity index (χ4v) is 5.56. The first kappa shape index (κ1) is 21.6. The van der Waals surface area contributed by atoms with Gasteiger partial charge in [0, 0.05) is 36.1 Å². The number of nitrogens with one attached hydrogen (secondary N) is 2. The van der Waals surface area contributed by atoms with Gasteiger partial charge in [0.2, 0.25) is 0 Å². The zero-order valence-electron chi connectivity index (χ0n) is 19.5. The highest BCUT2D eigenvalue weighted by Crippen LogP contribution is 2.52. The van der Waals surface area contributed by atoms with Crippen LogP contribution in [0.25, 0.3) is 10.9 Å². The number of fused-ring (bicyclic) bond motifs is 6. The third-order valence-electron chi connectivity index (χ3n) is 7.06. The summed E-state index contributed by atoms with van der Waals surface area (Å²) in [7, 11) is 0. The Balaban J connectivity index is 1.73. The number of unbranched alkanes of at least 4 members (excludes halogenated alkanes) is 2. The molecule has 0 fully saturated rings. The largest absolute Gasteiger partial charge is 0.355 e. The van der Waals surface area contributed by atoms with Crippen LogP contribution in [0.4, 0.5) is 10.5 Å². The van der Waals surface area contributed by atoms with Gasteiger partial charge in [-0.05, 0) is 37.0 Å². The van der Waals surface area contributed by atoms with Gasteiger partial charge in [-0.2, -0.15) is 0 Å². The average molecular weight is 445 g/mol. The smallest absolute Gasteiger partial charge is 0.318 e. The first-order valence-electron chi connectivity index (χ1n) is 12.2. The predicted octanol–water partition coefficient (Wildman–Crippen LogP) is 4.93. The van der Waals surface area contributed by atoms with Crippen LogP contribution >= 0.6 is 0 Å². The van der Waals surface area contributed by atoms with E-state index in [0.29, 0.717) is 26.1 Å². The Morgan fingerprint density at radius 3 is 2.67 bits per heavy atom. The third kappa shape index (κ3) is 3.15. The molecule has 3 amide bonds. The number of aromatic amines is 1. The van der Waals surface area contributed by atoms with Crippen molar-refractivity contribution in [1.29, 1.82) is 0 Å². The van der Waals surface area contributed by atoms with Gasteiger partial charge < -0.3 is 20.1 Å². The van der Waals surface area contributed by atoms with Crippen molar-refractivity contribution in [2.75, 3.05) is 24.5 Å². The Morgan fingerprint density at radius 1 is 1.06 bits per heavy atom. The van der Waals surface area contributed by atoms with Gasteiger partial charge in [0.05, 0.1) is 11.4 Å². The zero-order valence-corrected chi connectivity index (χ0v) is 19.5. The minimum absolute atomic E-state index is 0.0287. The maximum Gasteiger partial charge on any atom is 0.318 e. The van der Waals surface area contributed by atoms with E-state index < -0.39 is 5.54 Å². The summed E-state index contributed by atoms with van der Waals surface area (Å²) in [6.07, 6.45) is 4.65. The number of hydrogen-bond acceptors (Lipinski definition) is 2. The van der Waals surface area contributed by atoms with Crippen LogP contribution in [0.5, 0.6) is 0 Å². The summed E-state index contributed by atoms with van der Waals surface area (Å²) in [4.78, 5) is 35.2. The minimum atomic E-state index is -1.17. The molecule has 0 radical (unpaired) electrons. The third-order valence-corrected chi connectivity index (χ3v) is 7.06. The number of amides is 3. The van der Waals surface area contributed by atoms with E-state index in [-0.39, 0.29) is 11.9 Å². The van der Waals surface area contributed by atoms with Gasteiger partial charge in [-0.3, -0.25) is 4.79 Å². The highest BCUT2D eigenvalue weighted by Gasteiger charge is 2.60. The number of nitrogens with zero attached hydrogens (tertiary/aromatic N) is 2. The van der Waals surface area contributed by atoms with Crippen molar-refractivity contribution < 1.29 is 9.59 Å². The van der Waals surface area contributed by atoms with Crippen LogP contribution in [-0.4, -0.2) is 41.5 Å². The van der Waals surface area contributed by atoms with Crippen molar-refractivity contribution in [3.8, 4) is 0 Å². The van der Waals surface area contributed by atoms with Gasteiger partial charge in [0.1, 0.15) is 0 Å². The summed E-state index contributed by atoms with van der Waals surface area (Å²) in [5, 5.41) is 4.17. The summed E-state index contributed by atoms with van der Waals surface area (Å²) in [6.45, 7) is 5.94. The predicted molar refractivity (Wildman–Crippen MR) is 131 cm³/mol. The molecule has 2 N–H and O–H groups in total. The second-order valence-corrected chi connectivity index (χ2v) is 9.05. The SMILES string of the molecule is CCCCCN1C(=O)C2(c3ccccc31)c1[nH]c3ccccc3c1CCN2C(=O)NCCC. The van der Waals surface area contributed by atoms with Crippen LogP contribution in [0.15, 0.2) is 48.5 Å².